The molecule has 9 heteroatoms. The van der Waals surface area contributed by atoms with Crippen LogP contribution >= 0.6 is 0 Å². The number of amides is 2. The molecule has 29 heavy (non-hydrogen) atoms. The van der Waals surface area contributed by atoms with E-state index in [1.54, 1.807) is 6.07 Å². The molecule has 0 saturated carbocycles. The first kappa shape index (κ1) is 20.0. The Morgan fingerprint density at radius 3 is 2.62 bits per heavy atom. The lowest BCUT2D eigenvalue weighted by Crippen LogP contribution is -2.43. The molecule has 1 aromatic heterocycles. The summed E-state index contributed by atoms with van der Waals surface area (Å²) in [6.07, 6.45) is 0.716. The van der Waals surface area contributed by atoms with Crippen molar-refractivity contribution in [1.82, 2.24) is 31.1 Å². The lowest BCUT2D eigenvalue weighted by molar-refractivity contribution is -0.130. The first-order chi connectivity index (χ1) is 14.1. The van der Waals surface area contributed by atoms with Crippen LogP contribution in [0.5, 0.6) is 5.75 Å². The zero-order valence-electron chi connectivity index (χ0n) is 16.0. The highest BCUT2D eigenvalue weighted by Gasteiger charge is 2.08. The van der Waals surface area contributed by atoms with Gasteiger partial charge in [0.05, 0.1) is 6.54 Å². The quantitative estimate of drug-likeness (QED) is 0.562. The second-order valence-corrected chi connectivity index (χ2v) is 6.38. The van der Waals surface area contributed by atoms with Crippen molar-refractivity contribution in [3.63, 3.8) is 0 Å². The van der Waals surface area contributed by atoms with Gasteiger partial charge in [0.1, 0.15) is 5.75 Å². The zero-order chi connectivity index (χ0) is 20.5. The third kappa shape index (κ3) is 6.42. The highest BCUT2D eigenvalue weighted by Crippen LogP contribution is 2.12. The Labute approximate surface area is 168 Å². The zero-order valence-corrected chi connectivity index (χ0v) is 16.0. The topological polar surface area (TPSA) is 111 Å². The van der Waals surface area contributed by atoms with Crippen LogP contribution in [0.2, 0.25) is 0 Å². The average molecular weight is 394 g/mol. The Hall–Kier alpha value is -3.75. The predicted molar refractivity (Wildman–Crippen MR) is 105 cm³/mol. The first-order valence-corrected chi connectivity index (χ1v) is 9.20. The summed E-state index contributed by atoms with van der Waals surface area (Å²) in [5.74, 6) is 0.389. The van der Waals surface area contributed by atoms with Crippen molar-refractivity contribution < 1.29 is 14.3 Å². The van der Waals surface area contributed by atoms with Crippen molar-refractivity contribution in [2.75, 3.05) is 6.61 Å². The van der Waals surface area contributed by atoms with E-state index >= 15 is 0 Å². The van der Waals surface area contributed by atoms with Crippen LogP contribution in [0, 0.1) is 6.92 Å². The van der Waals surface area contributed by atoms with Gasteiger partial charge in [-0.3, -0.25) is 20.4 Å². The Morgan fingerprint density at radius 2 is 1.83 bits per heavy atom. The maximum Gasteiger partial charge on any atom is 0.276 e. The van der Waals surface area contributed by atoms with Crippen LogP contribution in [-0.2, 0) is 16.1 Å². The second-order valence-electron chi connectivity index (χ2n) is 6.38. The SMILES string of the molecule is Cc1cccc(OCC(=O)NNC(=O)CCCn2nnc(-c3ccccc3)n2)c1. The Morgan fingerprint density at radius 1 is 1.03 bits per heavy atom. The molecular formula is C20H22N6O3. The van der Waals surface area contributed by atoms with Crippen LogP contribution in [0.25, 0.3) is 11.4 Å². The number of benzene rings is 2. The highest BCUT2D eigenvalue weighted by molar-refractivity contribution is 5.82. The molecule has 0 aliphatic heterocycles. The molecule has 0 spiro atoms. The van der Waals surface area contributed by atoms with E-state index in [9.17, 15) is 9.59 Å². The maximum atomic E-state index is 11.9. The molecule has 0 saturated heterocycles. The molecule has 0 aliphatic carbocycles. The first-order valence-electron chi connectivity index (χ1n) is 9.20. The lowest BCUT2D eigenvalue weighted by Gasteiger charge is -2.09. The van der Waals surface area contributed by atoms with E-state index in [1.807, 2.05) is 55.5 Å². The summed E-state index contributed by atoms with van der Waals surface area (Å²) >= 11 is 0. The molecule has 0 atom stereocenters. The molecule has 0 unspecified atom stereocenters. The van der Waals surface area contributed by atoms with Crippen LogP contribution in [-0.4, -0.2) is 38.6 Å². The Balaban J connectivity index is 1.33. The highest BCUT2D eigenvalue weighted by atomic mass is 16.5. The third-order valence-corrected chi connectivity index (χ3v) is 3.95. The fourth-order valence-electron chi connectivity index (χ4n) is 2.51. The van der Waals surface area contributed by atoms with Gasteiger partial charge in [-0.05, 0) is 36.3 Å². The van der Waals surface area contributed by atoms with Gasteiger partial charge in [0, 0.05) is 12.0 Å². The monoisotopic (exact) mass is 394 g/mol. The van der Waals surface area contributed by atoms with Crippen molar-refractivity contribution in [3.05, 3.63) is 60.2 Å². The summed E-state index contributed by atoms with van der Waals surface area (Å²) in [5.41, 5.74) is 6.61. The van der Waals surface area contributed by atoms with Crippen molar-refractivity contribution in [3.8, 4) is 17.1 Å². The second kappa shape index (κ2) is 9.98. The summed E-state index contributed by atoms with van der Waals surface area (Å²) in [6.45, 7) is 2.19. The standard InChI is InChI=1S/C20H22N6O3/c1-15-7-5-10-17(13-15)29-14-19(28)22-21-18(27)11-6-12-26-24-20(23-25-26)16-8-3-2-4-9-16/h2-5,7-10,13H,6,11-12,14H2,1H3,(H,21,27)(H,22,28). The number of ether oxygens (including phenoxy) is 1. The largest absolute Gasteiger partial charge is 0.484 e. The Bertz CT molecular complexity index is 958. The van der Waals surface area contributed by atoms with E-state index in [1.165, 1.54) is 4.80 Å². The molecule has 0 radical (unpaired) electrons. The van der Waals surface area contributed by atoms with Crippen LogP contribution in [0.1, 0.15) is 18.4 Å². The van der Waals surface area contributed by atoms with E-state index < -0.39 is 5.91 Å². The van der Waals surface area contributed by atoms with E-state index in [0.717, 1.165) is 11.1 Å². The predicted octanol–water partition coefficient (Wildman–Crippen LogP) is 1.66. The molecule has 2 amide bonds. The van der Waals surface area contributed by atoms with E-state index in [0.29, 0.717) is 24.5 Å². The van der Waals surface area contributed by atoms with Crippen LogP contribution in [0.15, 0.2) is 54.6 Å². The molecule has 0 aliphatic rings. The summed E-state index contributed by atoms with van der Waals surface area (Å²) < 4.78 is 5.37. The van der Waals surface area contributed by atoms with E-state index in [4.69, 9.17) is 4.74 Å². The molecule has 1 heterocycles. The minimum absolute atomic E-state index is 0.186. The van der Waals surface area contributed by atoms with Gasteiger partial charge in [-0.25, -0.2) is 0 Å². The number of hydrogen-bond acceptors (Lipinski definition) is 6. The van der Waals surface area contributed by atoms with Gasteiger partial charge in [-0.15, -0.1) is 10.2 Å². The summed E-state index contributed by atoms with van der Waals surface area (Å²) in [4.78, 5) is 25.1. The third-order valence-electron chi connectivity index (χ3n) is 3.95. The number of nitrogens with zero attached hydrogens (tertiary/aromatic N) is 4. The van der Waals surface area contributed by atoms with Gasteiger partial charge in [0.2, 0.25) is 11.7 Å². The number of nitrogens with one attached hydrogen (secondary N) is 2. The molecule has 9 nitrogen and oxygen atoms in total. The molecule has 3 aromatic rings. The molecule has 3 rings (SSSR count). The van der Waals surface area contributed by atoms with Crippen molar-refractivity contribution in [1.29, 1.82) is 0 Å². The number of aromatic nitrogens is 4. The van der Waals surface area contributed by atoms with Gasteiger partial charge >= 0.3 is 0 Å². The number of rotatable bonds is 8. The number of carbonyl (C=O) groups excluding carboxylic acids is 2. The normalized spacial score (nSPS) is 10.4. The molecule has 2 N–H and O–H groups in total. The minimum atomic E-state index is -0.440. The number of aryl methyl sites for hydroxylation is 2. The van der Waals surface area contributed by atoms with Crippen LogP contribution < -0.4 is 15.6 Å². The van der Waals surface area contributed by atoms with E-state index in [-0.39, 0.29) is 18.9 Å². The van der Waals surface area contributed by atoms with Crippen molar-refractivity contribution >= 4 is 11.8 Å². The van der Waals surface area contributed by atoms with Crippen LogP contribution in [0.4, 0.5) is 0 Å². The molecule has 0 fully saturated rings. The van der Waals surface area contributed by atoms with Gasteiger partial charge in [0.15, 0.2) is 6.61 Å². The summed E-state index contributed by atoms with van der Waals surface area (Å²) in [7, 11) is 0. The number of hydrogen-bond donors (Lipinski definition) is 2. The molecule has 0 bridgehead atoms. The van der Waals surface area contributed by atoms with Crippen molar-refractivity contribution in [2.45, 2.75) is 26.3 Å². The summed E-state index contributed by atoms with van der Waals surface area (Å²) in [6, 6.07) is 16.9. The Kier molecular flexibility index (Phi) is 6.88. The fraction of sp³-hybridized carbons (Fsp3) is 0.250. The van der Waals surface area contributed by atoms with Crippen molar-refractivity contribution in [2.24, 2.45) is 0 Å². The number of hydrazine groups is 1. The number of carbonyl (C=O) groups is 2. The average Bonchev–Trinajstić information content (AvgIpc) is 3.20. The fourth-order valence-corrected chi connectivity index (χ4v) is 2.51. The molecule has 150 valence electrons. The van der Waals surface area contributed by atoms with Gasteiger partial charge in [-0.1, -0.05) is 42.5 Å². The van der Waals surface area contributed by atoms with Gasteiger partial charge in [0.25, 0.3) is 5.91 Å². The molecular weight excluding hydrogens is 372 g/mol. The number of tetrazole rings is 1. The minimum Gasteiger partial charge on any atom is -0.484 e. The smallest absolute Gasteiger partial charge is 0.276 e. The van der Waals surface area contributed by atoms with Gasteiger partial charge in [-0.2, -0.15) is 4.80 Å². The van der Waals surface area contributed by atoms with Crippen LogP contribution in [0.3, 0.4) is 0 Å². The van der Waals surface area contributed by atoms with Gasteiger partial charge < -0.3 is 4.74 Å². The molecule has 2 aromatic carbocycles. The summed E-state index contributed by atoms with van der Waals surface area (Å²) in [5, 5.41) is 12.3. The van der Waals surface area contributed by atoms with E-state index in [2.05, 4.69) is 26.3 Å². The maximum absolute atomic E-state index is 11.9. The lowest BCUT2D eigenvalue weighted by atomic mass is 10.2.